The van der Waals surface area contributed by atoms with Gasteiger partial charge in [-0.2, -0.15) is 5.10 Å². The maximum absolute atomic E-state index is 12.7. The van der Waals surface area contributed by atoms with E-state index in [1.807, 2.05) is 61.0 Å². The van der Waals surface area contributed by atoms with Crippen molar-refractivity contribution in [3.63, 3.8) is 0 Å². The minimum atomic E-state index is -0.144. The molecule has 2 amide bonds. The Labute approximate surface area is 188 Å². The number of hydrogen-bond acceptors (Lipinski definition) is 4. The number of para-hydroxylation sites is 2. The molecule has 0 fully saturated rings. The molecule has 32 heavy (non-hydrogen) atoms. The van der Waals surface area contributed by atoms with Gasteiger partial charge in [-0.25, -0.2) is 0 Å². The molecule has 1 N–H and O–H groups in total. The topological polar surface area (TPSA) is 76.5 Å². The Bertz CT molecular complexity index is 1110. The first-order valence-corrected chi connectivity index (χ1v) is 10.9. The summed E-state index contributed by atoms with van der Waals surface area (Å²) in [6, 6.07) is 17.6. The van der Waals surface area contributed by atoms with Gasteiger partial charge >= 0.3 is 0 Å². The number of benzene rings is 2. The van der Waals surface area contributed by atoms with Crippen LogP contribution < -0.4 is 15.0 Å². The third-order valence-corrected chi connectivity index (χ3v) is 5.76. The molecule has 7 nitrogen and oxygen atoms in total. The van der Waals surface area contributed by atoms with Crippen molar-refractivity contribution in [3.05, 3.63) is 77.1 Å². The van der Waals surface area contributed by atoms with Crippen molar-refractivity contribution in [2.45, 2.75) is 39.8 Å². The quantitative estimate of drug-likeness (QED) is 0.621. The van der Waals surface area contributed by atoms with Gasteiger partial charge in [0, 0.05) is 30.6 Å². The van der Waals surface area contributed by atoms with E-state index in [4.69, 9.17) is 4.74 Å². The number of hydrogen-bond donors (Lipinski definition) is 1. The third-order valence-electron chi connectivity index (χ3n) is 5.76. The van der Waals surface area contributed by atoms with E-state index in [0.29, 0.717) is 32.0 Å². The fraction of sp³-hybridized carbons (Fsp3) is 0.320. The average Bonchev–Trinajstić information content (AvgIpc) is 3.08. The van der Waals surface area contributed by atoms with Crippen LogP contribution in [0.5, 0.6) is 5.75 Å². The molecule has 0 unspecified atom stereocenters. The second-order valence-corrected chi connectivity index (χ2v) is 7.93. The molecule has 1 aromatic heterocycles. The number of aryl methyl sites for hydroxylation is 1. The minimum absolute atomic E-state index is 0.0704. The summed E-state index contributed by atoms with van der Waals surface area (Å²) < 4.78 is 7.56. The third kappa shape index (κ3) is 4.82. The highest BCUT2D eigenvalue weighted by atomic mass is 16.5. The highest BCUT2D eigenvalue weighted by Gasteiger charge is 2.23. The molecule has 0 saturated carbocycles. The van der Waals surface area contributed by atoms with Gasteiger partial charge in [-0.05, 0) is 31.5 Å². The standard InChI is InChI=1S/C25H28N4O3/c1-18-21(19(2)29(27-18)17-20-8-4-3-5-9-20)16-26-24(30)12-13-25(31)28-14-15-32-23-11-7-6-10-22(23)28/h3-11H,12-17H2,1-2H3,(H,26,30). The van der Waals surface area contributed by atoms with Crippen LogP contribution in [-0.4, -0.2) is 34.7 Å². The lowest BCUT2D eigenvalue weighted by Crippen LogP contribution is -2.38. The van der Waals surface area contributed by atoms with Crippen LogP contribution in [0.1, 0.15) is 35.4 Å². The second-order valence-electron chi connectivity index (χ2n) is 7.93. The molecule has 0 saturated heterocycles. The number of nitrogens with zero attached hydrogens (tertiary/aromatic N) is 3. The highest BCUT2D eigenvalue weighted by molar-refractivity contribution is 5.97. The molecular formula is C25H28N4O3. The van der Waals surface area contributed by atoms with Crippen LogP contribution in [-0.2, 0) is 22.7 Å². The van der Waals surface area contributed by atoms with Crippen LogP contribution >= 0.6 is 0 Å². The first kappa shape index (κ1) is 21.6. The number of amides is 2. The zero-order valence-electron chi connectivity index (χ0n) is 18.5. The monoisotopic (exact) mass is 432 g/mol. The molecule has 2 aromatic carbocycles. The van der Waals surface area contributed by atoms with Crippen LogP contribution in [0.2, 0.25) is 0 Å². The summed E-state index contributed by atoms with van der Waals surface area (Å²) in [5, 5.41) is 7.58. The van der Waals surface area contributed by atoms with Crippen molar-refractivity contribution in [2.24, 2.45) is 0 Å². The summed E-state index contributed by atoms with van der Waals surface area (Å²) in [6.07, 6.45) is 0.306. The number of rotatable bonds is 7. The Kier molecular flexibility index (Phi) is 6.54. The van der Waals surface area contributed by atoms with Crippen molar-refractivity contribution < 1.29 is 14.3 Å². The predicted octanol–water partition coefficient (Wildman–Crippen LogP) is 3.37. The molecule has 166 valence electrons. The van der Waals surface area contributed by atoms with Crippen LogP contribution in [0.4, 0.5) is 5.69 Å². The second kappa shape index (κ2) is 9.68. The summed E-state index contributed by atoms with van der Waals surface area (Å²) in [5.41, 5.74) is 4.90. The summed E-state index contributed by atoms with van der Waals surface area (Å²) >= 11 is 0. The normalized spacial score (nSPS) is 12.8. The number of carbonyl (C=O) groups excluding carboxylic acids is 2. The molecule has 0 aliphatic carbocycles. The van der Waals surface area contributed by atoms with Crippen LogP contribution in [0, 0.1) is 13.8 Å². The van der Waals surface area contributed by atoms with E-state index in [-0.39, 0.29) is 24.7 Å². The average molecular weight is 433 g/mol. The fourth-order valence-corrected chi connectivity index (χ4v) is 3.96. The lowest BCUT2D eigenvalue weighted by Gasteiger charge is -2.29. The Hall–Kier alpha value is -3.61. The van der Waals surface area contributed by atoms with Crippen LogP contribution in [0.15, 0.2) is 54.6 Å². The van der Waals surface area contributed by atoms with Gasteiger partial charge in [0.2, 0.25) is 11.8 Å². The largest absolute Gasteiger partial charge is 0.490 e. The van der Waals surface area contributed by atoms with Crippen molar-refractivity contribution in [2.75, 3.05) is 18.1 Å². The van der Waals surface area contributed by atoms with Gasteiger partial charge in [0.15, 0.2) is 0 Å². The molecule has 0 spiro atoms. The van der Waals surface area contributed by atoms with Gasteiger partial charge in [-0.3, -0.25) is 14.3 Å². The van der Waals surface area contributed by atoms with E-state index in [1.165, 1.54) is 5.56 Å². The number of carbonyl (C=O) groups is 2. The molecule has 1 aliphatic heterocycles. The van der Waals surface area contributed by atoms with Gasteiger partial charge in [0.05, 0.1) is 24.5 Å². The van der Waals surface area contributed by atoms with Crippen molar-refractivity contribution in [3.8, 4) is 5.75 Å². The maximum Gasteiger partial charge on any atom is 0.227 e. The van der Waals surface area contributed by atoms with Gasteiger partial charge in [-0.1, -0.05) is 42.5 Å². The van der Waals surface area contributed by atoms with E-state index in [0.717, 1.165) is 22.6 Å². The summed E-state index contributed by atoms with van der Waals surface area (Å²) in [6.45, 7) is 6.02. The van der Waals surface area contributed by atoms with E-state index < -0.39 is 0 Å². The first-order valence-electron chi connectivity index (χ1n) is 10.9. The highest BCUT2D eigenvalue weighted by Crippen LogP contribution is 2.31. The molecule has 4 rings (SSSR count). The Morgan fingerprint density at radius 1 is 1.03 bits per heavy atom. The Balaban J connectivity index is 1.31. The lowest BCUT2D eigenvalue weighted by atomic mass is 10.1. The SMILES string of the molecule is Cc1nn(Cc2ccccc2)c(C)c1CNC(=O)CCC(=O)N1CCOc2ccccc21. The van der Waals surface area contributed by atoms with E-state index in [2.05, 4.69) is 22.5 Å². The summed E-state index contributed by atoms with van der Waals surface area (Å²) in [4.78, 5) is 26.8. The minimum Gasteiger partial charge on any atom is -0.490 e. The summed E-state index contributed by atoms with van der Waals surface area (Å²) in [5.74, 6) is 0.489. The van der Waals surface area contributed by atoms with Gasteiger partial charge in [0.25, 0.3) is 0 Å². The van der Waals surface area contributed by atoms with Gasteiger partial charge < -0.3 is 15.0 Å². The Morgan fingerprint density at radius 3 is 2.59 bits per heavy atom. The smallest absolute Gasteiger partial charge is 0.227 e. The Morgan fingerprint density at radius 2 is 1.78 bits per heavy atom. The number of aromatic nitrogens is 2. The molecular weight excluding hydrogens is 404 g/mol. The molecule has 3 aromatic rings. The van der Waals surface area contributed by atoms with Crippen LogP contribution in [0.25, 0.3) is 0 Å². The molecule has 0 radical (unpaired) electrons. The van der Waals surface area contributed by atoms with Crippen molar-refractivity contribution in [1.29, 1.82) is 0 Å². The van der Waals surface area contributed by atoms with Gasteiger partial charge in [-0.15, -0.1) is 0 Å². The predicted molar refractivity (Wildman–Crippen MR) is 123 cm³/mol. The number of nitrogens with one attached hydrogen (secondary N) is 1. The first-order chi connectivity index (χ1) is 15.5. The zero-order chi connectivity index (χ0) is 22.5. The molecule has 0 atom stereocenters. The number of fused-ring (bicyclic) bond motifs is 1. The summed E-state index contributed by atoms with van der Waals surface area (Å²) in [7, 11) is 0. The molecule has 7 heteroatoms. The molecule has 2 heterocycles. The lowest BCUT2D eigenvalue weighted by molar-refractivity contribution is -0.125. The molecule has 1 aliphatic rings. The maximum atomic E-state index is 12.7. The van der Waals surface area contributed by atoms with E-state index >= 15 is 0 Å². The van der Waals surface area contributed by atoms with Crippen molar-refractivity contribution in [1.82, 2.24) is 15.1 Å². The van der Waals surface area contributed by atoms with E-state index in [9.17, 15) is 9.59 Å². The van der Waals surface area contributed by atoms with Crippen LogP contribution in [0.3, 0.4) is 0 Å². The number of ether oxygens (including phenoxy) is 1. The van der Waals surface area contributed by atoms with Crippen molar-refractivity contribution >= 4 is 17.5 Å². The van der Waals surface area contributed by atoms with E-state index in [1.54, 1.807) is 4.90 Å². The van der Waals surface area contributed by atoms with Gasteiger partial charge in [0.1, 0.15) is 12.4 Å². The zero-order valence-corrected chi connectivity index (χ0v) is 18.5. The molecule has 0 bridgehead atoms. The number of anilines is 1. The fourth-order valence-electron chi connectivity index (χ4n) is 3.96.